The molecular formula is C21H14ClN3O4. The smallest absolute Gasteiger partial charge is 0.357 e. The van der Waals surface area contributed by atoms with Crippen LogP contribution in [-0.2, 0) is 0 Å². The summed E-state index contributed by atoms with van der Waals surface area (Å²) in [7, 11) is 1.41. The van der Waals surface area contributed by atoms with Crippen molar-refractivity contribution in [3.8, 4) is 17.5 Å². The maximum atomic E-state index is 12.9. The van der Waals surface area contributed by atoms with Crippen molar-refractivity contribution < 1.29 is 14.6 Å². The number of nitriles is 1. The summed E-state index contributed by atoms with van der Waals surface area (Å²) in [4.78, 5) is 24.8. The molecule has 0 fully saturated rings. The van der Waals surface area contributed by atoms with Crippen molar-refractivity contribution in [2.75, 3.05) is 7.11 Å². The Hall–Kier alpha value is -3.89. The Morgan fingerprint density at radius 3 is 2.55 bits per heavy atom. The van der Waals surface area contributed by atoms with Crippen molar-refractivity contribution in [1.82, 2.24) is 9.78 Å². The number of hydrogen-bond donors (Lipinski definition) is 1. The van der Waals surface area contributed by atoms with E-state index in [4.69, 9.17) is 16.3 Å². The van der Waals surface area contributed by atoms with Crippen LogP contribution in [0.15, 0.2) is 53.3 Å². The number of carboxylic acids is 1. The summed E-state index contributed by atoms with van der Waals surface area (Å²) < 4.78 is 6.07. The lowest BCUT2D eigenvalue weighted by Crippen LogP contribution is -2.28. The zero-order valence-electron chi connectivity index (χ0n) is 15.2. The molecule has 0 amide bonds. The van der Waals surface area contributed by atoms with Gasteiger partial charge >= 0.3 is 5.97 Å². The molecular weight excluding hydrogens is 394 g/mol. The van der Waals surface area contributed by atoms with Gasteiger partial charge in [-0.05, 0) is 23.8 Å². The first-order valence-electron chi connectivity index (χ1n) is 8.34. The number of benzene rings is 2. The first-order valence-corrected chi connectivity index (χ1v) is 8.72. The molecule has 0 atom stereocenters. The Bertz CT molecular complexity index is 1230. The Labute approximate surface area is 170 Å². The molecule has 1 heterocycles. The molecule has 0 aliphatic heterocycles. The number of rotatable bonds is 5. The first kappa shape index (κ1) is 19.9. The molecule has 7 nitrogen and oxygen atoms in total. The molecule has 0 aliphatic rings. The summed E-state index contributed by atoms with van der Waals surface area (Å²) >= 11 is 6.11. The van der Waals surface area contributed by atoms with Gasteiger partial charge in [0, 0.05) is 10.6 Å². The third kappa shape index (κ3) is 3.88. The number of halogens is 1. The quantitative estimate of drug-likeness (QED) is 0.692. The van der Waals surface area contributed by atoms with E-state index in [1.165, 1.54) is 19.3 Å². The van der Waals surface area contributed by atoms with Crippen molar-refractivity contribution >= 4 is 29.7 Å². The van der Waals surface area contributed by atoms with E-state index in [1.807, 2.05) is 0 Å². The van der Waals surface area contributed by atoms with Crippen LogP contribution in [0.4, 0.5) is 0 Å². The van der Waals surface area contributed by atoms with Gasteiger partial charge in [0.2, 0.25) is 0 Å². The molecule has 144 valence electrons. The molecule has 3 aromatic rings. The number of carbonyl (C=O) groups is 1. The molecule has 0 radical (unpaired) electrons. The second-order valence-corrected chi connectivity index (χ2v) is 6.21. The van der Waals surface area contributed by atoms with E-state index in [0.717, 1.165) is 4.68 Å². The van der Waals surface area contributed by atoms with E-state index in [1.54, 1.807) is 54.6 Å². The highest BCUT2D eigenvalue weighted by atomic mass is 35.5. The fourth-order valence-corrected chi connectivity index (χ4v) is 2.92. The Balaban J connectivity index is 2.27. The van der Waals surface area contributed by atoms with Crippen LogP contribution in [0, 0.1) is 11.3 Å². The van der Waals surface area contributed by atoms with Crippen molar-refractivity contribution in [1.29, 1.82) is 5.26 Å². The van der Waals surface area contributed by atoms with Gasteiger partial charge in [-0.1, -0.05) is 54.1 Å². The Kier molecular flexibility index (Phi) is 5.77. The monoisotopic (exact) mass is 407 g/mol. The molecule has 0 spiro atoms. The maximum Gasteiger partial charge on any atom is 0.357 e. The Morgan fingerprint density at radius 1 is 1.21 bits per heavy atom. The number of aromatic nitrogens is 2. The summed E-state index contributed by atoms with van der Waals surface area (Å²) in [6.45, 7) is 0. The lowest BCUT2D eigenvalue weighted by Gasteiger charge is -2.12. The summed E-state index contributed by atoms with van der Waals surface area (Å²) in [5.41, 5.74) is -0.845. The standard InChI is InChI=1S/C21H14ClN3O4/c1-29-18-9-5-4-8-17(18)25-20(26)15(12-23)14(19(24-25)21(27)28)11-10-13-6-2-3-7-16(13)22/h2-11H,1H3,(H,27,28)/b11-10-. The minimum atomic E-state index is -1.39. The van der Waals surface area contributed by atoms with Crippen LogP contribution in [0.3, 0.4) is 0 Å². The number of para-hydroxylation sites is 2. The molecule has 1 aromatic heterocycles. The minimum Gasteiger partial charge on any atom is -0.494 e. The highest BCUT2D eigenvalue weighted by Gasteiger charge is 2.22. The average Bonchev–Trinajstić information content (AvgIpc) is 2.73. The molecule has 0 saturated heterocycles. The summed E-state index contributed by atoms with van der Waals surface area (Å²) in [6, 6.07) is 15.2. The van der Waals surface area contributed by atoms with Gasteiger partial charge in [-0.15, -0.1) is 0 Å². The van der Waals surface area contributed by atoms with Crippen molar-refractivity contribution in [2.24, 2.45) is 0 Å². The van der Waals surface area contributed by atoms with E-state index in [2.05, 4.69) is 5.10 Å². The number of carboxylic acid groups (broad SMARTS) is 1. The van der Waals surface area contributed by atoms with E-state index in [9.17, 15) is 20.0 Å². The SMILES string of the molecule is COc1ccccc1-n1nc(C(=O)O)c(/C=C\c2ccccc2Cl)c(C#N)c1=O. The molecule has 0 aliphatic carbocycles. The van der Waals surface area contributed by atoms with Crippen LogP contribution < -0.4 is 10.3 Å². The zero-order chi connectivity index (χ0) is 21.0. The normalized spacial score (nSPS) is 10.7. The second kappa shape index (κ2) is 8.42. The van der Waals surface area contributed by atoms with Crippen LogP contribution in [0.2, 0.25) is 5.02 Å². The summed E-state index contributed by atoms with van der Waals surface area (Å²) in [6.07, 6.45) is 2.88. The van der Waals surface area contributed by atoms with E-state index in [0.29, 0.717) is 16.3 Å². The van der Waals surface area contributed by atoms with Crippen LogP contribution in [0.25, 0.3) is 17.8 Å². The van der Waals surface area contributed by atoms with Gasteiger partial charge in [0.25, 0.3) is 5.56 Å². The molecule has 8 heteroatoms. The predicted molar refractivity (Wildman–Crippen MR) is 108 cm³/mol. The Morgan fingerprint density at radius 2 is 1.90 bits per heavy atom. The molecule has 1 N–H and O–H groups in total. The zero-order valence-corrected chi connectivity index (χ0v) is 15.9. The van der Waals surface area contributed by atoms with E-state index >= 15 is 0 Å². The van der Waals surface area contributed by atoms with Gasteiger partial charge in [-0.3, -0.25) is 4.79 Å². The number of hydrogen-bond acceptors (Lipinski definition) is 5. The minimum absolute atomic E-state index is 0.101. The third-order valence-corrected chi connectivity index (χ3v) is 4.44. The number of ether oxygens (including phenoxy) is 1. The number of methoxy groups -OCH3 is 1. The van der Waals surface area contributed by atoms with E-state index in [-0.39, 0.29) is 16.8 Å². The highest BCUT2D eigenvalue weighted by Crippen LogP contribution is 2.23. The topological polar surface area (TPSA) is 105 Å². The van der Waals surface area contributed by atoms with Crippen LogP contribution >= 0.6 is 11.6 Å². The van der Waals surface area contributed by atoms with Crippen LogP contribution in [0.1, 0.15) is 27.2 Å². The molecule has 2 aromatic carbocycles. The van der Waals surface area contributed by atoms with Gasteiger partial charge in [0.15, 0.2) is 5.69 Å². The predicted octanol–water partition coefficient (Wildman–Crippen LogP) is 3.63. The van der Waals surface area contributed by atoms with Crippen molar-refractivity contribution in [3.63, 3.8) is 0 Å². The second-order valence-electron chi connectivity index (χ2n) is 5.80. The number of nitrogens with zero attached hydrogens (tertiary/aromatic N) is 3. The maximum absolute atomic E-state index is 12.9. The lowest BCUT2D eigenvalue weighted by molar-refractivity contribution is 0.0688. The average molecular weight is 408 g/mol. The van der Waals surface area contributed by atoms with Gasteiger partial charge in [0.1, 0.15) is 23.1 Å². The summed E-state index contributed by atoms with van der Waals surface area (Å²) in [5, 5.41) is 23.7. The fraction of sp³-hybridized carbons (Fsp3) is 0.0476. The van der Waals surface area contributed by atoms with Crippen LogP contribution in [0.5, 0.6) is 5.75 Å². The van der Waals surface area contributed by atoms with Crippen molar-refractivity contribution in [3.05, 3.63) is 86.3 Å². The van der Waals surface area contributed by atoms with E-state index < -0.39 is 17.2 Å². The lowest BCUT2D eigenvalue weighted by atomic mass is 10.1. The first-order chi connectivity index (χ1) is 14.0. The number of aromatic carboxylic acids is 1. The van der Waals surface area contributed by atoms with Gasteiger partial charge in [-0.2, -0.15) is 15.0 Å². The van der Waals surface area contributed by atoms with Gasteiger partial charge < -0.3 is 9.84 Å². The van der Waals surface area contributed by atoms with Crippen LogP contribution in [-0.4, -0.2) is 28.0 Å². The van der Waals surface area contributed by atoms with Gasteiger partial charge in [-0.25, -0.2) is 4.79 Å². The molecule has 0 unspecified atom stereocenters. The third-order valence-electron chi connectivity index (χ3n) is 4.09. The molecule has 3 rings (SSSR count). The van der Waals surface area contributed by atoms with Gasteiger partial charge in [0.05, 0.1) is 7.11 Å². The largest absolute Gasteiger partial charge is 0.494 e. The molecule has 0 bridgehead atoms. The highest BCUT2D eigenvalue weighted by molar-refractivity contribution is 6.32. The van der Waals surface area contributed by atoms with Crippen molar-refractivity contribution in [2.45, 2.75) is 0 Å². The summed E-state index contributed by atoms with van der Waals surface area (Å²) in [5.74, 6) is -1.08. The molecule has 0 saturated carbocycles. The fourth-order valence-electron chi connectivity index (χ4n) is 2.72. The molecule has 29 heavy (non-hydrogen) atoms.